The summed E-state index contributed by atoms with van der Waals surface area (Å²) in [5.41, 5.74) is -0.118. The number of pyridine rings is 1. The molecule has 0 spiro atoms. The van der Waals surface area contributed by atoms with Gasteiger partial charge in [-0.3, -0.25) is 4.79 Å². The van der Waals surface area contributed by atoms with E-state index in [1.165, 1.54) is 7.11 Å². The van der Waals surface area contributed by atoms with Crippen LogP contribution in [-0.4, -0.2) is 60.2 Å². The largest absolute Gasteiger partial charge is 0.477 e. The molecule has 3 N–H and O–H groups in total. The van der Waals surface area contributed by atoms with Gasteiger partial charge in [0.2, 0.25) is 11.8 Å². The van der Waals surface area contributed by atoms with Crippen LogP contribution in [0.4, 0.5) is 0 Å². The van der Waals surface area contributed by atoms with E-state index in [1.54, 1.807) is 40.1 Å². The minimum Gasteiger partial charge on any atom is -0.477 e. The number of nitrogens with one attached hydrogen (secondary N) is 1. The second-order valence-corrected chi connectivity index (χ2v) is 8.76. The molecule has 1 aromatic heterocycles. The Balaban J connectivity index is 2.08. The van der Waals surface area contributed by atoms with Gasteiger partial charge in [0, 0.05) is 24.1 Å². The Hall–Kier alpha value is -2.71. The minimum absolute atomic E-state index is 0.0694. The van der Waals surface area contributed by atoms with Crippen LogP contribution in [0.5, 0.6) is 5.88 Å². The van der Waals surface area contributed by atoms with Crippen LogP contribution in [-0.2, 0) is 14.3 Å². The van der Waals surface area contributed by atoms with Gasteiger partial charge in [0.25, 0.3) is 0 Å². The van der Waals surface area contributed by atoms with Crippen molar-refractivity contribution in [3.63, 3.8) is 0 Å². The number of aromatic nitrogens is 1. The number of esters is 1. The third-order valence-electron chi connectivity index (χ3n) is 5.52. The van der Waals surface area contributed by atoms with E-state index in [0.29, 0.717) is 18.9 Å². The van der Waals surface area contributed by atoms with Gasteiger partial charge < -0.3 is 24.6 Å². The van der Waals surface area contributed by atoms with E-state index in [-0.39, 0.29) is 18.4 Å². The summed E-state index contributed by atoms with van der Waals surface area (Å²) in [6.07, 6.45) is 1.77. The molecule has 0 saturated carbocycles. The van der Waals surface area contributed by atoms with Crippen molar-refractivity contribution in [1.29, 1.82) is 0 Å². The minimum atomic E-state index is -0.917. The lowest BCUT2D eigenvalue weighted by atomic mass is 9.91. The average molecular weight is 448 g/mol. The highest BCUT2D eigenvalue weighted by Gasteiger charge is 2.35. The molecule has 3 atom stereocenters. The maximum Gasteiger partial charge on any atom is 0.328 e. The van der Waals surface area contributed by atoms with E-state index in [4.69, 9.17) is 9.47 Å². The molecule has 0 bridgehead atoms. The lowest BCUT2D eigenvalue weighted by Crippen LogP contribution is -2.51. The quantitative estimate of drug-likeness (QED) is 0.405. The van der Waals surface area contributed by atoms with E-state index >= 15 is 0 Å². The summed E-state index contributed by atoms with van der Waals surface area (Å²) >= 11 is 0. The van der Waals surface area contributed by atoms with Crippen LogP contribution in [0.25, 0.3) is 10.8 Å². The van der Waals surface area contributed by atoms with Crippen molar-refractivity contribution in [2.75, 3.05) is 27.4 Å². The number of benzene rings is 1. The predicted octanol–water partition coefficient (Wildman–Crippen LogP) is 2.53. The highest BCUT2D eigenvalue weighted by atomic mass is 16.5. The van der Waals surface area contributed by atoms with Gasteiger partial charge in [0.05, 0.1) is 18.6 Å². The Bertz CT molecular complexity index is 928. The predicted molar refractivity (Wildman–Crippen MR) is 122 cm³/mol. The van der Waals surface area contributed by atoms with Crippen molar-refractivity contribution in [2.45, 2.75) is 46.3 Å². The van der Waals surface area contributed by atoms with Gasteiger partial charge in [-0.05, 0) is 43.7 Å². The summed E-state index contributed by atoms with van der Waals surface area (Å²) in [4.78, 5) is 29.5. The first-order valence-corrected chi connectivity index (χ1v) is 10.7. The molecule has 0 saturated heterocycles. The fraction of sp³-hybridized carbons (Fsp3) is 0.542. The molecule has 1 aromatic carbocycles. The number of ether oxygens (including phenoxy) is 3. The summed E-state index contributed by atoms with van der Waals surface area (Å²) in [6, 6.07) is 6.66. The third-order valence-corrected chi connectivity index (χ3v) is 5.52. The third kappa shape index (κ3) is 6.64. The summed E-state index contributed by atoms with van der Waals surface area (Å²) in [7, 11) is 3.02. The fourth-order valence-electron chi connectivity index (χ4n) is 3.19. The van der Waals surface area contributed by atoms with Gasteiger partial charge in [-0.2, -0.15) is 0 Å². The number of carbonyl (C=O) groups excluding carboxylic acids is 2. The molecule has 0 aliphatic rings. The van der Waals surface area contributed by atoms with E-state index in [0.717, 1.165) is 16.3 Å². The summed E-state index contributed by atoms with van der Waals surface area (Å²) in [5, 5.41) is 14.4. The molecule has 8 nitrogen and oxygen atoms in total. The van der Waals surface area contributed by atoms with Gasteiger partial charge in [-0.25, -0.2) is 9.78 Å². The lowest BCUT2D eigenvalue weighted by Gasteiger charge is -2.28. The fourth-order valence-corrected chi connectivity index (χ4v) is 3.19. The zero-order valence-electron chi connectivity index (χ0n) is 19.7. The standard InChI is InChI=1S/C24H34N2O6/c1-15(9-10-30-5)21(22(28)31-6)26-23(29)24(3,4)14-32-20-12-19-11-17(16(2)27)7-8-18(19)13-25-20/h7-8,11-13,15-16,21,27H,9-10,14H2,1-6H3,(H,26,29)/p+1/t15?,16-,21+/m1/s1. The maximum atomic E-state index is 13.0. The zero-order chi connectivity index (χ0) is 23.9. The number of aliphatic hydroxyl groups excluding tert-OH is 1. The second-order valence-electron chi connectivity index (χ2n) is 8.76. The van der Waals surface area contributed by atoms with E-state index in [2.05, 4.69) is 15.0 Å². The first kappa shape index (κ1) is 25.5. The monoisotopic (exact) mass is 447 g/mol. The van der Waals surface area contributed by atoms with Crippen LogP contribution in [0.2, 0.25) is 0 Å². The average Bonchev–Trinajstić information content (AvgIpc) is 2.78. The number of amides is 1. The normalized spacial score (nSPS) is 14.5. The molecule has 1 amide bonds. The highest BCUT2D eigenvalue weighted by Crippen LogP contribution is 2.24. The van der Waals surface area contributed by atoms with Crippen LogP contribution < -0.4 is 10.1 Å². The number of fused-ring (bicyclic) bond motifs is 1. The van der Waals surface area contributed by atoms with Gasteiger partial charge in [-0.15, -0.1) is 0 Å². The summed E-state index contributed by atoms with van der Waals surface area (Å²) in [6.45, 7) is 7.75. The van der Waals surface area contributed by atoms with E-state index in [9.17, 15) is 14.7 Å². The number of rotatable bonds is 11. The van der Waals surface area contributed by atoms with Crippen molar-refractivity contribution in [3.8, 4) is 5.88 Å². The van der Waals surface area contributed by atoms with Crippen molar-refractivity contribution < 1.29 is 28.9 Å². The smallest absolute Gasteiger partial charge is 0.328 e. The number of hydrogen-bond acceptors (Lipinski definition) is 6. The molecular weight excluding hydrogens is 412 g/mol. The molecule has 1 unspecified atom stereocenters. The Morgan fingerprint density at radius 2 is 1.94 bits per heavy atom. The second kappa shape index (κ2) is 11.2. The first-order chi connectivity index (χ1) is 15.1. The van der Waals surface area contributed by atoms with Gasteiger partial charge in [-0.1, -0.05) is 19.1 Å². The zero-order valence-corrected chi connectivity index (χ0v) is 19.7. The van der Waals surface area contributed by atoms with Crippen molar-refractivity contribution >= 4 is 22.6 Å². The van der Waals surface area contributed by atoms with Crippen LogP contribution in [0.1, 0.15) is 45.8 Å². The van der Waals surface area contributed by atoms with Crippen LogP contribution in [0, 0.1) is 11.3 Å². The van der Waals surface area contributed by atoms with Gasteiger partial charge >= 0.3 is 5.97 Å². The Labute approximate surface area is 189 Å². The van der Waals surface area contributed by atoms with Crippen molar-refractivity contribution in [3.05, 3.63) is 36.0 Å². The Kier molecular flexibility index (Phi) is 8.98. The van der Waals surface area contributed by atoms with Crippen LogP contribution in [0.3, 0.4) is 0 Å². The van der Waals surface area contributed by atoms with E-state index < -0.39 is 23.5 Å². The summed E-state index contributed by atoms with van der Waals surface area (Å²) < 4.78 is 14.8. The molecule has 0 radical (unpaired) electrons. The molecule has 32 heavy (non-hydrogen) atoms. The van der Waals surface area contributed by atoms with Crippen LogP contribution >= 0.6 is 0 Å². The van der Waals surface area contributed by atoms with Crippen LogP contribution in [0.15, 0.2) is 30.5 Å². The van der Waals surface area contributed by atoms with Gasteiger partial charge in [0.1, 0.15) is 26.4 Å². The number of carbonyl (C=O) groups is 2. The SMILES string of the molecule is COC(=O)[C@@H](NC(=O)C(C)(C)COc1cc2cc([C@@H](C)O)ccc2cn1)C(C)CC[OH+]C. The molecule has 1 heterocycles. The summed E-state index contributed by atoms with van der Waals surface area (Å²) in [5.74, 6) is -0.546. The highest BCUT2D eigenvalue weighted by molar-refractivity contribution is 5.88. The van der Waals surface area contributed by atoms with Gasteiger partial charge in [0.15, 0.2) is 0 Å². The molecule has 2 aromatic rings. The van der Waals surface area contributed by atoms with E-state index in [1.807, 2.05) is 25.1 Å². The number of aliphatic hydroxyl groups is 3. The Morgan fingerprint density at radius 3 is 2.56 bits per heavy atom. The van der Waals surface area contributed by atoms with Crippen molar-refractivity contribution in [1.82, 2.24) is 10.3 Å². The molecule has 0 aliphatic heterocycles. The first-order valence-electron chi connectivity index (χ1n) is 10.7. The molecular formula is C24H35N2O6+. The maximum absolute atomic E-state index is 13.0. The molecule has 176 valence electrons. The molecule has 8 heteroatoms. The molecule has 2 rings (SSSR count). The topological polar surface area (TPSA) is 111 Å². The Morgan fingerprint density at radius 1 is 1.22 bits per heavy atom. The molecule has 0 aliphatic carbocycles. The number of nitrogens with zero attached hydrogens (tertiary/aromatic N) is 1. The number of hydrogen-bond donors (Lipinski definition) is 2. The molecule has 0 fully saturated rings. The van der Waals surface area contributed by atoms with Crippen molar-refractivity contribution in [2.24, 2.45) is 11.3 Å². The lowest BCUT2D eigenvalue weighted by molar-refractivity contribution is -0.148. The number of methoxy groups -OCH3 is 1.